The fraction of sp³-hybridized carbons (Fsp3) is 0.385. The van der Waals surface area contributed by atoms with Crippen LogP contribution in [0.1, 0.15) is 34.7 Å². The van der Waals surface area contributed by atoms with E-state index < -0.39 is 6.36 Å². The second-order valence-corrected chi connectivity index (χ2v) is 7.49. The van der Waals surface area contributed by atoms with Crippen LogP contribution >= 0.6 is 0 Å². The Bertz CT molecular complexity index is 953. The lowest BCUT2D eigenvalue weighted by Crippen LogP contribution is -2.61. The van der Waals surface area contributed by atoms with Gasteiger partial charge in [-0.2, -0.15) is 0 Å². The maximum Gasteiger partial charge on any atom is 0.573 e. The highest BCUT2D eigenvalue weighted by molar-refractivity contribution is 6.09. The predicted molar refractivity (Wildman–Crippen MR) is 138 cm³/mol. The summed E-state index contributed by atoms with van der Waals surface area (Å²) in [6.07, 6.45) is 0.276. The van der Waals surface area contributed by atoms with Gasteiger partial charge in [0.15, 0.2) is 0 Å². The third-order valence-electron chi connectivity index (χ3n) is 5.24. The highest BCUT2D eigenvalue weighted by Gasteiger charge is 2.32. The van der Waals surface area contributed by atoms with Crippen LogP contribution in [0.25, 0.3) is 5.57 Å². The number of halogens is 3. The second-order valence-electron chi connectivity index (χ2n) is 7.49. The number of carbonyl (C=O) groups is 1. The molecule has 0 aromatic heterocycles. The van der Waals surface area contributed by atoms with Crippen molar-refractivity contribution in [2.24, 2.45) is 4.99 Å². The van der Waals surface area contributed by atoms with Gasteiger partial charge in [-0.1, -0.05) is 32.6 Å². The van der Waals surface area contributed by atoms with Crippen LogP contribution in [0.15, 0.2) is 72.9 Å². The quantitative estimate of drug-likeness (QED) is 0.412. The van der Waals surface area contributed by atoms with Gasteiger partial charge in [0.25, 0.3) is 0 Å². The van der Waals surface area contributed by atoms with Gasteiger partial charge in [0.1, 0.15) is 17.8 Å². The smallest absolute Gasteiger partial charge is 0.406 e. The Balaban J connectivity index is 0.00000233. The summed E-state index contributed by atoms with van der Waals surface area (Å²) in [5, 5.41) is 2.86. The molecule has 0 bridgehead atoms. The first kappa shape index (κ1) is 29.7. The first-order valence-electron chi connectivity index (χ1n) is 11.3. The molecule has 1 fully saturated rings. The van der Waals surface area contributed by atoms with E-state index in [9.17, 15) is 18.0 Å². The molecule has 1 aromatic carbocycles. The van der Waals surface area contributed by atoms with Crippen LogP contribution in [0.5, 0.6) is 5.75 Å². The number of carbonyl (C=O) groups excluding carboxylic acids is 1. The zero-order valence-electron chi connectivity index (χ0n) is 21.0. The third-order valence-corrected chi connectivity index (χ3v) is 5.24. The molecule has 1 unspecified atom stereocenters. The summed E-state index contributed by atoms with van der Waals surface area (Å²) in [5.74, 6) is 0.335. The largest absolute Gasteiger partial charge is 0.573 e. The predicted octanol–water partition coefficient (Wildman–Crippen LogP) is 5.62. The van der Waals surface area contributed by atoms with Gasteiger partial charge in [-0.05, 0) is 49.3 Å². The molecule has 0 aliphatic carbocycles. The fourth-order valence-electron chi connectivity index (χ4n) is 3.46. The lowest BCUT2D eigenvalue weighted by Gasteiger charge is -2.42. The highest BCUT2D eigenvalue weighted by atomic mass is 19.4. The van der Waals surface area contributed by atoms with Crippen molar-refractivity contribution in [2.45, 2.75) is 46.3 Å². The molecule has 1 saturated heterocycles. The molecule has 1 N–H and O–H groups in total. The first-order valence-corrected chi connectivity index (χ1v) is 11.3. The summed E-state index contributed by atoms with van der Waals surface area (Å²) in [4.78, 5) is 20.3. The van der Waals surface area contributed by atoms with E-state index in [1.807, 2.05) is 51.9 Å². The minimum atomic E-state index is -4.72. The van der Waals surface area contributed by atoms with Crippen molar-refractivity contribution in [2.75, 3.05) is 20.1 Å². The Morgan fingerprint density at radius 2 is 1.83 bits per heavy atom. The molecule has 0 saturated carbocycles. The number of rotatable bonds is 6. The normalized spacial score (nSPS) is 19.0. The maximum absolute atomic E-state index is 12.4. The molecule has 1 aromatic rings. The Hall–Kier alpha value is -3.33. The molecule has 3 rings (SSSR count). The zero-order chi connectivity index (χ0) is 26.8. The average Bonchev–Trinajstić information content (AvgIpc) is 3.17. The molecule has 0 radical (unpaired) electrons. The Morgan fingerprint density at radius 3 is 2.34 bits per heavy atom. The standard InChI is InChI=1S/C22H25F3N4O2.C2H6.C2H4.H2/c1-5-20(30)27-17-12-29(13-17)15(3)26-21-19(10-11-28(21)4)14(2)16-6-8-18(9-7-16)31-22(23,24)25;2*1-2;/h5-11,15,17H,1,12-13H2,2-4H3,(H,27,30);1-2H3;1-2H2;1H/b19-14+,26-21+;;;. The average molecular weight is 495 g/mol. The number of amides is 1. The van der Waals surface area contributed by atoms with Gasteiger partial charge >= 0.3 is 6.36 Å². The second kappa shape index (κ2) is 13.5. The van der Waals surface area contributed by atoms with E-state index in [0.717, 1.165) is 22.5 Å². The molecule has 1 atom stereocenters. The van der Waals surface area contributed by atoms with E-state index in [1.165, 1.54) is 18.2 Å². The summed E-state index contributed by atoms with van der Waals surface area (Å²) in [6, 6.07) is 5.87. The van der Waals surface area contributed by atoms with Crippen molar-refractivity contribution >= 4 is 17.3 Å². The Kier molecular flexibility index (Phi) is 11.5. The number of hydrogen-bond acceptors (Lipinski definition) is 4. The maximum atomic E-state index is 12.4. The molecular weight excluding hydrogens is 457 g/mol. The van der Waals surface area contributed by atoms with Crippen LogP contribution in [0.2, 0.25) is 0 Å². The van der Waals surface area contributed by atoms with Gasteiger partial charge in [-0.3, -0.25) is 9.69 Å². The Labute approximate surface area is 207 Å². The van der Waals surface area contributed by atoms with Crippen molar-refractivity contribution < 1.29 is 24.1 Å². The van der Waals surface area contributed by atoms with Crippen LogP contribution in [-0.2, 0) is 4.79 Å². The minimum Gasteiger partial charge on any atom is -0.406 e. The minimum absolute atomic E-state index is 0. The van der Waals surface area contributed by atoms with Crippen molar-refractivity contribution in [1.29, 1.82) is 0 Å². The molecule has 2 heterocycles. The number of nitrogens with one attached hydrogen (secondary N) is 1. The van der Waals surface area contributed by atoms with Crippen LogP contribution < -0.4 is 10.1 Å². The van der Waals surface area contributed by atoms with Gasteiger partial charge in [0.2, 0.25) is 5.91 Å². The molecule has 2 aliphatic rings. The van der Waals surface area contributed by atoms with Gasteiger partial charge in [0.05, 0.1) is 6.04 Å². The number of likely N-dealkylation sites (N-methyl/N-ethyl adjacent to an activating group) is 1. The van der Waals surface area contributed by atoms with Crippen LogP contribution in [0.4, 0.5) is 13.2 Å². The third kappa shape index (κ3) is 8.43. The number of nitrogens with zero attached hydrogens (tertiary/aromatic N) is 3. The van der Waals surface area contributed by atoms with Gasteiger partial charge < -0.3 is 15.0 Å². The monoisotopic (exact) mass is 494 g/mol. The number of likely N-dealkylation sites (tertiary alicyclic amines) is 1. The number of amidine groups is 1. The van der Waals surface area contributed by atoms with Crippen LogP contribution in [0.3, 0.4) is 0 Å². The summed E-state index contributed by atoms with van der Waals surface area (Å²) >= 11 is 0. The number of hydrogen-bond donors (Lipinski definition) is 1. The SMILES string of the molecule is C=C.C=CC(=O)NC1CN(C(C)/N=C2\C(=C(/C)c3ccc(OC(F)(F)F)cc3)C=CN2C)C1.CC.[HH]. The van der Waals surface area contributed by atoms with Crippen LogP contribution in [0, 0.1) is 0 Å². The molecule has 9 heteroatoms. The lowest BCUT2D eigenvalue weighted by molar-refractivity contribution is -0.274. The fourth-order valence-corrected chi connectivity index (χ4v) is 3.46. The van der Waals surface area contributed by atoms with Crippen molar-refractivity contribution in [3.05, 3.63) is 73.5 Å². The van der Waals surface area contributed by atoms with Crippen molar-refractivity contribution in [3.8, 4) is 5.75 Å². The van der Waals surface area contributed by atoms with E-state index in [2.05, 4.69) is 34.7 Å². The van der Waals surface area contributed by atoms with E-state index in [-0.39, 0.29) is 25.3 Å². The molecule has 0 spiro atoms. The molecule has 194 valence electrons. The number of benzene rings is 1. The highest BCUT2D eigenvalue weighted by Crippen LogP contribution is 2.29. The van der Waals surface area contributed by atoms with E-state index in [4.69, 9.17) is 4.99 Å². The van der Waals surface area contributed by atoms with Crippen molar-refractivity contribution in [3.63, 3.8) is 0 Å². The summed E-state index contributed by atoms with van der Waals surface area (Å²) in [6.45, 7) is 18.7. The molecule has 6 nitrogen and oxygen atoms in total. The summed E-state index contributed by atoms with van der Waals surface area (Å²) < 4.78 is 41.1. The topological polar surface area (TPSA) is 57.2 Å². The molecular formula is C26H37F3N4O2. The number of alkyl halides is 3. The summed E-state index contributed by atoms with van der Waals surface area (Å²) in [5.41, 5.74) is 2.57. The number of allylic oxidation sites excluding steroid dienone is 1. The van der Waals surface area contributed by atoms with Gasteiger partial charge in [0, 0.05) is 33.3 Å². The molecule has 2 aliphatic heterocycles. The van der Waals surface area contributed by atoms with Crippen LogP contribution in [-0.4, -0.2) is 60.2 Å². The van der Waals surface area contributed by atoms with E-state index in [0.29, 0.717) is 13.1 Å². The van der Waals surface area contributed by atoms with E-state index >= 15 is 0 Å². The Morgan fingerprint density at radius 1 is 1.26 bits per heavy atom. The number of ether oxygens (including phenoxy) is 1. The number of aliphatic imine (C=N–C) groups is 1. The molecule has 1 amide bonds. The van der Waals surface area contributed by atoms with Crippen molar-refractivity contribution in [1.82, 2.24) is 15.1 Å². The first-order chi connectivity index (χ1) is 16.6. The van der Waals surface area contributed by atoms with Gasteiger partial charge in [-0.25, -0.2) is 4.99 Å². The lowest BCUT2D eigenvalue weighted by atomic mass is 10.0. The zero-order valence-corrected chi connectivity index (χ0v) is 21.0. The van der Waals surface area contributed by atoms with Gasteiger partial charge in [-0.15, -0.1) is 26.3 Å². The molecule has 35 heavy (non-hydrogen) atoms. The van der Waals surface area contributed by atoms with E-state index in [1.54, 1.807) is 12.1 Å². The summed E-state index contributed by atoms with van der Waals surface area (Å²) in [7, 11) is 1.89.